The summed E-state index contributed by atoms with van der Waals surface area (Å²) in [6.07, 6.45) is 3.08. The van der Waals surface area contributed by atoms with E-state index >= 15 is 0 Å². The molecular weight excluding hydrogens is 533 g/mol. The molecule has 10 heteroatoms. The predicted molar refractivity (Wildman–Crippen MR) is 147 cm³/mol. The number of hydrogen-bond donors (Lipinski definition) is 0. The molecule has 2 saturated heterocycles. The van der Waals surface area contributed by atoms with E-state index in [9.17, 15) is 18.0 Å². The van der Waals surface area contributed by atoms with E-state index in [1.165, 1.54) is 17.8 Å². The molecule has 202 valence electrons. The van der Waals surface area contributed by atoms with Crippen LogP contribution in [-0.4, -0.2) is 62.7 Å². The molecule has 0 unspecified atom stereocenters. The molecule has 1 aromatic heterocycles. The maximum Gasteiger partial charge on any atom is 0.270 e. The minimum Gasteiger partial charge on any atom is -0.323 e. The van der Waals surface area contributed by atoms with Gasteiger partial charge in [0.15, 0.2) is 0 Å². The largest absolute Gasteiger partial charge is 0.323 e. The number of piperidine rings is 1. The monoisotopic (exact) mass is 562 g/mol. The molecule has 2 aromatic carbocycles. The first-order valence-electron chi connectivity index (χ1n) is 12.7. The number of rotatable bonds is 6. The quantitative estimate of drug-likeness (QED) is 0.320. The van der Waals surface area contributed by atoms with E-state index in [1.54, 1.807) is 27.9 Å². The van der Waals surface area contributed by atoms with Crippen LogP contribution in [0.25, 0.3) is 17.0 Å². The highest BCUT2D eigenvalue weighted by molar-refractivity contribution is 8.04. The highest BCUT2D eigenvalue weighted by Crippen LogP contribution is 2.36. The lowest BCUT2D eigenvalue weighted by Gasteiger charge is -2.40. The molecule has 1 amide bonds. The van der Waals surface area contributed by atoms with Crippen molar-refractivity contribution >= 4 is 46.2 Å². The van der Waals surface area contributed by atoms with Gasteiger partial charge in [0.1, 0.15) is 6.17 Å². The third-order valence-corrected chi connectivity index (χ3v) is 8.57. The zero-order chi connectivity index (χ0) is 27.2. The molecule has 38 heavy (non-hydrogen) atoms. The van der Waals surface area contributed by atoms with Crippen LogP contribution in [0.2, 0.25) is 5.02 Å². The topological polar surface area (TPSA) is 41.4 Å². The summed E-state index contributed by atoms with van der Waals surface area (Å²) in [6, 6.07) is 10.0. The summed E-state index contributed by atoms with van der Waals surface area (Å²) < 4.78 is 45.0. The summed E-state index contributed by atoms with van der Waals surface area (Å²) in [5, 5.41) is 5.50. The van der Waals surface area contributed by atoms with Crippen molar-refractivity contribution in [2.75, 3.05) is 19.0 Å². The van der Waals surface area contributed by atoms with Gasteiger partial charge in [0, 0.05) is 42.0 Å². The van der Waals surface area contributed by atoms with Crippen LogP contribution in [-0.2, 0) is 17.3 Å². The van der Waals surface area contributed by atoms with Crippen LogP contribution in [0.15, 0.2) is 47.5 Å². The fourth-order valence-electron chi connectivity index (χ4n) is 5.22. The molecule has 0 N–H and O–H groups in total. The van der Waals surface area contributed by atoms with Crippen molar-refractivity contribution in [2.24, 2.45) is 0 Å². The van der Waals surface area contributed by atoms with Gasteiger partial charge in [-0.3, -0.25) is 14.4 Å². The molecular formula is C28H30ClF3N4OS. The fraction of sp³-hybridized carbons (Fsp3) is 0.429. The van der Waals surface area contributed by atoms with E-state index < -0.39 is 18.1 Å². The van der Waals surface area contributed by atoms with Gasteiger partial charge in [-0.15, -0.1) is 0 Å². The van der Waals surface area contributed by atoms with Crippen molar-refractivity contribution in [3.8, 4) is 0 Å². The minimum absolute atomic E-state index is 0.123. The Bertz CT molecular complexity index is 1390. The van der Waals surface area contributed by atoms with E-state index in [0.29, 0.717) is 29.3 Å². The van der Waals surface area contributed by atoms with Gasteiger partial charge < -0.3 is 4.90 Å². The Balaban J connectivity index is 1.33. The van der Waals surface area contributed by atoms with Crippen LogP contribution < -0.4 is 0 Å². The van der Waals surface area contributed by atoms with Crippen molar-refractivity contribution in [2.45, 2.75) is 57.9 Å². The van der Waals surface area contributed by atoms with Crippen LogP contribution >= 0.6 is 23.4 Å². The number of thioether (sulfide) groups is 1. The van der Waals surface area contributed by atoms with Crippen LogP contribution in [0.5, 0.6) is 0 Å². The van der Waals surface area contributed by atoms with Crippen molar-refractivity contribution < 1.29 is 18.0 Å². The second-order valence-corrected chi connectivity index (χ2v) is 11.8. The molecule has 3 heterocycles. The van der Waals surface area contributed by atoms with Gasteiger partial charge in [-0.05, 0) is 61.7 Å². The average molecular weight is 563 g/mol. The maximum atomic E-state index is 15.0. The molecule has 5 nitrogen and oxygen atoms in total. The molecule has 3 aromatic rings. The third-order valence-electron chi connectivity index (χ3n) is 7.33. The summed E-state index contributed by atoms with van der Waals surface area (Å²) in [5.41, 5.74) is 1.93. The van der Waals surface area contributed by atoms with E-state index in [2.05, 4.69) is 23.8 Å². The molecule has 2 aliphatic rings. The molecule has 0 bridgehead atoms. The number of carbonyl (C=O) groups is 1. The first kappa shape index (κ1) is 27.1. The highest BCUT2D eigenvalue weighted by atomic mass is 35.5. The lowest BCUT2D eigenvalue weighted by Crippen LogP contribution is -2.54. The standard InChI is InChI=1S/C28H30ClF3N4OS/c1-17(2)34-9-8-25(23(30)15-34)35-16-38-26(27(35)37)11-18-4-7-24-20(10-18)13-33-36(24)14-19-5-6-21(29)12-22(19)28(3,31)32/h4-7,10-13,17,23,25H,8-9,14-16H2,1-3H3/b26-11-/t23-,25-/m1/s1. The Morgan fingerprint density at radius 3 is 2.74 bits per heavy atom. The molecule has 0 radical (unpaired) electrons. The molecule has 2 atom stereocenters. The number of benzene rings is 2. The average Bonchev–Trinajstić information content (AvgIpc) is 3.42. The molecule has 2 aliphatic heterocycles. The summed E-state index contributed by atoms with van der Waals surface area (Å²) in [6.45, 7) is 6.28. The number of aromatic nitrogens is 2. The zero-order valence-corrected chi connectivity index (χ0v) is 23.1. The van der Waals surface area contributed by atoms with Crippen LogP contribution in [0.3, 0.4) is 0 Å². The van der Waals surface area contributed by atoms with Crippen LogP contribution in [0, 0.1) is 0 Å². The third kappa shape index (κ3) is 5.46. The van der Waals surface area contributed by atoms with Gasteiger partial charge in [0.2, 0.25) is 0 Å². The SMILES string of the molecule is CC(C)N1CC[C@@H](N2CS/C(=C\c3ccc4c(cnn4Cc4ccc(Cl)cc4C(C)(F)F)c3)C2=O)[C@H](F)C1. The van der Waals surface area contributed by atoms with E-state index in [0.717, 1.165) is 29.9 Å². The van der Waals surface area contributed by atoms with Gasteiger partial charge in [-0.2, -0.15) is 5.10 Å². The first-order valence-corrected chi connectivity index (χ1v) is 14.0. The van der Waals surface area contributed by atoms with E-state index in [1.807, 2.05) is 24.3 Å². The fourth-order valence-corrected chi connectivity index (χ4v) is 6.44. The number of hydrogen-bond acceptors (Lipinski definition) is 4. The van der Waals surface area contributed by atoms with E-state index in [4.69, 9.17) is 11.6 Å². The molecule has 0 spiro atoms. The number of nitrogens with zero attached hydrogens (tertiary/aromatic N) is 4. The Hall–Kier alpha value is -2.49. The number of carbonyl (C=O) groups excluding carboxylic acids is 1. The number of likely N-dealkylation sites (tertiary alicyclic amines) is 1. The van der Waals surface area contributed by atoms with Crippen molar-refractivity contribution in [3.05, 3.63) is 69.2 Å². The predicted octanol–water partition coefficient (Wildman–Crippen LogP) is 6.54. The summed E-state index contributed by atoms with van der Waals surface area (Å²) >= 11 is 7.39. The second kappa shape index (κ2) is 10.6. The van der Waals surface area contributed by atoms with Gasteiger partial charge in [-0.1, -0.05) is 35.5 Å². The van der Waals surface area contributed by atoms with Gasteiger partial charge in [0.25, 0.3) is 11.8 Å². The van der Waals surface area contributed by atoms with Gasteiger partial charge in [-0.25, -0.2) is 13.2 Å². The number of amides is 1. The second-order valence-electron chi connectivity index (χ2n) is 10.3. The van der Waals surface area contributed by atoms with Crippen LogP contribution in [0.4, 0.5) is 13.2 Å². The summed E-state index contributed by atoms with van der Waals surface area (Å²) in [4.78, 5) is 17.5. The van der Waals surface area contributed by atoms with Gasteiger partial charge >= 0.3 is 0 Å². The first-order chi connectivity index (χ1) is 18.0. The summed E-state index contributed by atoms with van der Waals surface area (Å²) in [5.74, 6) is -2.72. The summed E-state index contributed by atoms with van der Waals surface area (Å²) in [7, 11) is 0. The molecule has 0 saturated carbocycles. The van der Waals surface area contributed by atoms with Gasteiger partial charge in [0.05, 0.1) is 35.1 Å². The number of alkyl halides is 3. The van der Waals surface area contributed by atoms with Crippen molar-refractivity contribution in [1.29, 1.82) is 0 Å². The number of fused-ring (bicyclic) bond motifs is 1. The number of halogens is 4. The molecule has 0 aliphatic carbocycles. The van der Waals surface area contributed by atoms with E-state index in [-0.39, 0.29) is 29.1 Å². The lowest BCUT2D eigenvalue weighted by atomic mass is 10.00. The minimum atomic E-state index is -3.03. The maximum absolute atomic E-state index is 15.0. The Morgan fingerprint density at radius 1 is 1.24 bits per heavy atom. The lowest BCUT2D eigenvalue weighted by molar-refractivity contribution is -0.129. The zero-order valence-electron chi connectivity index (χ0n) is 21.5. The highest BCUT2D eigenvalue weighted by Gasteiger charge is 2.40. The Kier molecular flexibility index (Phi) is 7.55. The molecule has 5 rings (SSSR count). The smallest absolute Gasteiger partial charge is 0.270 e. The van der Waals surface area contributed by atoms with Crippen molar-refractivity contribution in [3.63, 3.8) is 0 Å². The van der Waals surface area contributed by atoms with Crippen molar-refractivity contribution in [1.82, 2.24) is 19.6 Å². The normalized spacial score (nSPS) is 22.4. The molecule has 2 fully saturated rings. The Labute approximate surface area is 229 Å². The Morgan fingerprint density at radius 2 is 2.03 bits per heavy atom. The van der Waals surface area contributed by atoms with Crippen LogP contribution in [0.1, 0.15) is 43.9 Å².